The van der Waals surface area contributed by atoms with Gasteiger partial charge in [0.15, 0.2) is 11.5 Å². The number of carbonyl (C=O) groups is 2. The molecule has 1 aliphatic rings. The summed E-state index contributed by atoms with van der Waals surface area (Å²) in [5.74, 6) is 0.816. The topological polar surface area (TPSA) is 76.7 Å². The van der Waals surface area contributed by atoms with Gasteiger partial charge >= 0.3 is 0 Å². The van der Waals surface area contributed by atoms with E-state index >= 15 is 0 Å². The molecule has 0 aromatic heterocycles. The monoisotopic (exact) mass is 382 g/mol. The third-order valence-electron chi connectivity index (χ3n) is 4.92. The molecule has 2 aromatic rings. The summed E-state index contributed by atoms with van der Waals surface area (Å²) in [4.78, 5) is 24.4. The van der Waals surface area contributed by atoms with E-state index in [0.717, 1.165) is 18.4 Å². The van der Waals surface area contributed by atoms with Crippen molar-refractivity contribution in [2.75, 3.05) is 19.5 Å². The molecule has 6 nitrogen and oxygen atoms in total. The van der Waals surface area contributed by atoms with Crippen LogP contribution in [0.1, 0.15) is 41.6 Å². The van der Waals surface area contributed by atoms with Crippen molar-refractivity contribution >= 4 is 17.5 Å². The number of amides is 2. The van der Waals surface area contributed by atoms with Gasteiger partial charge < -0.3 is 20.1 Å². The number of likely N-dealkylation sites (N-methyl/N-ethyl adjacent to an activating group) is 1. The van der Waals surface area contributed by atoms with Crippen LogP contribution in [0.15, 0.2) is 42.5 Å². The van der Waals surface area contributed by atoms with Crippen molar-refractivity contribution < 1.29 is 19.1 Å². The Morgan fingerprint density at radius 1 is 1.07 bits per heavy atom. The summed E-state index contributed by atoms with van der Waals surface area (Å²) in [6.45, 7) is 0. The molecule has 6 heteroatoms. The predicted molar refractivity (Wildman–Crippen MR) is 108 cm³/mol. The van der Waals surface area contributed by atoms with Crippen LogP contribution in [0.3, 0.4) is 0 Å². The Morgan fingerprint density at radius 2 is 1.82 bits per heavy atom. The van der Waals surface area contributed by atoms with E-state index in [4.69, 9.17) is 9.47 Å². The second-order valence-corrected chi connectivity index (χ2v) is 6.85. The van der Waals surface area contributed by atoms with Crippen LogP contribution >= 0.6 is 0 Å². The Kier molecular flexibility index (Phi) is 6.53. The number of rotatable bonds is 7. The molecule has 0 atom stereocenters. The summed E-state index contributed by atoms with van der Waals surface area (Å²) in [5, 5.41) is 5.48. The van der Waals surface area contributed by atoms with E-state index < -0.39 is 0 Å². The zero-order valence-electron chi connectivity index (χ0n) is 16.3. The molecule has 2 amide bonds. The highest BCUT2D eigenvalue weighted by Crippen LogP contribution is 2.32. The smallest absolute Gasteiger partial charge is 0.255 e. The highest BCUT2D eigenvalue weighted by Gasteiger charge is 2.19. The lowest BCUT2D eigenvalue weighted by Crippen LogP contribution is -2.21. The van der Waals surface area contributed by atoms with Crippen molar-refractivity contribution in [1.82, 2.24) is 5.32 Å². The zero-order valence-corrected chi connectivity index (χ0v) is 16.3. The van der Waals surface area contributed by atoms with Gasteiger partial charge in [0.1, 0.15) is 0 Å². The third-order valence-corrected chi connectivity index (χ3v) is 4.92. The van der Waals surface area contributed by atoms with Crippen LogP contribution in [0.4, 0.5) is 5.69 Å². The van der Waals surface area contributed by atoms with Crippen molar-refractivity contribution in [1.29, 1.82) is 0 Å². The van der Waals surface area contributed by atoms with E-state index in [1.165, 1.54) is 12.8 Å². The van der Waals surface area contributed by atoms with Gasteiger partial charge in [-0.2, -0.15) is 0 Å². The number of methoxy groups -OCH3 is 1. The number of hydrogen-bond donors (Lipinski definition) is 2. The predicted octanol–water partition coefficient (Wildman–Crippen LogP) is 3.56. The number of ether oxygens (including phenoxy) is 2. The molecule has 1 fully saturated rings. The lowest BCUT2D eigenvalue weighted by molar-refractivity contribution is -0.119. The first-order valence-electron chi connectivity index (χ1n) is 9.55. The molecule has 3 rings (SSSR count). The first-order valence-corrected chi connectivity index (χ1v) is 9.55. The van der Waals surface area contributed by atoms with Crippen molar-refractivity contribution in [2.24, 2.45) is 0 Å². The van der Waals surface area contributed by atoms with Crippen LogP contribution in [0.2, 0.25) is 0 Å². The Labute approximate surface area is 165 Å². The molecular formula is C22H26N2O4. The zero-order chi connectivity index (χ0) is 19.9. The van der Waals surface area contributed by atoms with Crippen molar-refractivity contribution in [3.8, 4) is 11.5 Å². The molecule has 0 heterocycles. The van der Waals surface area contributed by atoms with Crippen LogP contribution < -0.4 is 20.1 Å². The Bertz CT molecular complexity index is 844. The third kappa shape index (κ3) is 4.82. The van der Waals surface area contributed by atoms with Crippen LogP contribution in [-0.4, -0.2) is 32.1 Å². The summed E-state index contributed by atoms with van der Waals surface area (Å²) >= 11 is 0. The van der Waals surface area contributed by atoms with Crippen LogP contribution in [-0.2, 0) is 11.2 Å². The summed E-state index contributed by atoms with van der Waals surface area (Å²) < 4.78 is 11.5. The van der Waals surface area contributed by atoms with Gasteiger partial charge in [-0.25, -0.2) is 0 Å². The minimum Gasteiger partial charge on any atom is -0.493 e. The molecule has 28 heavy (non-hydrogen) atoms. The molecule has 0 unspecified atom stereocenters. The first kappa shape index (κ1) is 19.7. The van der Waals surface area contributed by atoms with Gasteiger partial charge in [0.25, 0.3) is 5.91 Å². The SMILES string of the molecule is CNC(=O)Cc1ccccc1NC(=O)c1ccc(OC2CCCC2)c(OC)c1. The van der Waals surface area contributed by atoms with E-state index in [1.54, 1.807) is 38.4 Å². The van der Waals surface area contributed by atoms with E-state index in [1.807, 2.05) is 18.2 Å². The van der Waals surface area contributed by atoms with Gasteiger partial charge in [0.2, 0.25) is 5.91 Å². The summed E-state index contributed by atoms with van der Waals surface area (Å²) in [5.41, 5.74) is 1.83. The Hall–Kier alpha value is -3.02. The fraction of sp³-hybridized carbons (Fsp3) is 0.364. The molecular weight excluding hydrogens is 356 g/mol. The van der Waals surface area contributed by atoms with E-state index in [9.17, 15) is 9.59 Å². The number of para-hydroxylation sites is 1. The minimum absolute atomic E-state index is 0.114. The number of benzene rings is 2. The maximum atomic E-state index is 12.7. The molecule has 1 saturated carbocycles. The van der Waals surface area contributed by atoms with E-state index in [2.05, 4.69) is 10.6 Å². The fourth-order valence-electron chi connectivity index (χ4n) is 3.34. The van der Waals surface area contributed by atoms with Gasteiger partial charge in [-0.05, 0) is 55.5 Å². The van der Waals surface area contributed by atoms with Crippen molar-refractivity contribution in [3.63, 3.8) is 0 Å². The van der Waals surface area contributed by atoms with Gasteiger partial charge in [0, 0.05) is 18.3 Å². The number of nitrogens with one attached hydrogen (secondary N) is 2. The molecule has 0 spiro atoms. The van der Waals surface area contributed by atoms with Gasteiger partial charge in [-0.15, -0.1) is 0 Å². The van der Waals surface area contributed by atoms with Crippen LogP contribution in [0.25, 0.3) is 0 Å². The van der Waals surface area contributed by atoms with Gasteiger partial charge in [-0.1, -0.05) is 18.2 Å². The molecule has 148 valence electrons. The minimum atomic E-state index is -0.268. The molecule has 2 N–H and O–H groups in total. The van der Waals surface area contributed by atoms with Crippen molar-refractivity contribution in [3.05, 3.63) is 53.6 Å². The number of hydrogen-bond acceptors (Lipinski definition) is 4. The van der Waals surface area contributed by atoms with Gasteiger partial charge in [-0.3, -0.25) is 9.59 Å². The maximum absolute atomic E-state index is 12.7. The maximum Gasteiger partial charge on any atom is 0.255 e. The summed E-state index contributed by atoms with van der Waals surface area (Å²) in [6, 6.07) is 12.5. The summed E-state index contributed by atoms with van der Waals surface area (Å²) in [7, 11) is 3.15. The lowest BCUT2D eigenvalue weighted by atomic mass is 10.1. The largest absolute Gasteiger partial charge is 0.493 e. The van der Waals surface area contributed by atoms with Crippen molar-refractivity contribution in [2.45, 2.75) is 38.2 Å². The normalized spacial score (nSPS) is 13.8. The quantitative estimate of drug-likeness (QED) is 0.768. The molecule has 0 bridgehead atoms. The van der Waals surface area contributed by atoms with E-state index in [-0.39, 0.29) is 24.3 Å². The summed E-state index contributed by atoms with van der Waals surface area (Å²) in [6.07, 6.45) is 4.88. The van der Waals surface area contributed by atoms with Crippen LogP contribution in [0, 0.1) is 0 Å². The average Bonchev–Trinajstić information content (AvgIpc) is 3.22. The Balaban J connectivity index is 1.75. The Morgan fingerprint density at radius 3 is 2.54 bits per heavy atom. The standard InChI is InChI=1S/C22H26N2O4/c1-23-21(25)14-15-7-3-6-10-18(15)24-22(26)16-11-12-19(20(13-16)27-2)28-17-8-4-5-9-17/h3,6-7,10-13,17H,4-5,8-9,14H2,1-2H3,(H,23,25)(H,24,26). The molecule has 2 aromatic carbocycles. The van der Waals surface area contributed by atoms with Crippen LogP contribution in [0.5, 0.6) is 11.5 Å². The average molecular weight is 382 g/mol. The lowest BCUT2D eigenvalue weighted by Gasteiger charge is -2.17. The molecule has 1 aliphatic carbocycles. The first-order chi connectivity index (χ1) is 13.6. The molecule has 0 aliphatic heterocycles. The molecule has 0 radical (unpaired) electrons. The van der Waals surface area contributed by atoms with E-state index in [0.29, 0.717) is 22.7 Å². The number of carbonyl (C=O) groups excluding carboxylic acids is 2. The number of anilines is 1. The fourth-order valence-corrected chi connectivity index (χ4v) is 3.34. The molecule has 0 saturated heterocycles. The second kappa shape index (κ2) is 9.26. The second-order valence-electron chi connectivity index (χ2n) is 6.85. The van der Waals surface area contributed by atoms with Gasteiger partial charge in [0.05, 0.1) is 19.6 Å². The highest BCUT2D eigenvalue weighted by atomic mass is 16.5. The highest BCUT2D eigenvalue weighted by molar-refractivity contribution is 6.05.